The Morgan fingerprint density at radius 1 is 0.900 bits per heavy atom. The predicted octanol–water partition coefficient (Wildman–Crippen LogP) is 4.88. The maximum atomic E-state index is 13.4. The molecule has 0 saturated carbocycles. The summed E-state index contributed by atoms with van der Waals surface area (Å²) in [5, 5.41) is 9.58. The lowest BCUT2D eigenvalue weighted by molar-refractivity contribution is -0.120. The summed E-state index contributed by atoms with van der Waals surface area (Å²) in [4.78, 5) is 32.1. The van der Waals surface area contributed by atoms with Gasteiger partial charge in [0.05, 0.1) is 5.69 Å². The third-order valence-corrected chi connectivity index (χ3v) is 6.93. The number of aromatic nitrogens is 3. The third kappa shape index (κ3) is 5.19. The van der Waals surface area contributed by atoms with Gasteiger partial charge in [0.1, 0.15) is 24.2 Å². The molecule has 0 spiro atoms. The van der Waals surface area contributed by atoms with Crippen molar-refractivity contribution in [3.05, 3.63) is 120 Å². The van der Waals surface area contributed by atoms with Crippen LogP contribution in [0.5, 0.6) is 5.75 Å². The Kier molecular flexibility index (Phi) is 6.80. The highest BCUT2D eigenvalue weighted by atomic mass is 16.5. The Hall–Kier alpha value is -5.24. The van der Waals surface area contributed by atoms with Crippen LogP contribution in [-0.4, -0.2) is 46.7 Å². The van der Waals surface area contributed by atoms with Gasteiger partial charge in [-0.1, -0.05) is 91.0 Å². The zero-order valence-electron chi connectivity index (χ0n) is 21.9. The van der Waals surface area contributed by atoms with Gasteiger partial charge in [-0.05, 0) is 39.9 Å². The predicted molar refractivity (Wildman–Crippen MR) is 153 cm³/mol. The largest absolute Gasteiger partial charge is 0.489 e. The summed E-state index contributed by atoms with van der Waals surface area (Å²) >= 11 is 0. The van der Waals surface area contributed by atoms with Gasteiger partial charge in [-0.25, -0.2) is 4.98 Å². The smallest absolute Gasteiger partial charge is 0.291 e. The summed E-state index contributed by atoms with van der Waals surface area (Å²) in [6.07, 6.45) is 0.516. The summed E-state index contributed by atoms with van der Waals surface area (Å²) in [6.45, 7) is -0.00563. The van der Waals surface area contributed by atoms with Crippen molar-refractivity contribution in [2.75, 3.05) is 18.6 Å². The van der Waals surface area contributed by atoms with Crippen LogP contribution in [0, 0.1) is 0 Å². The highest BCUT2D eigenvalue weighted by molar-refractivity contribution is 6.02. The maximum Gasteiger partial charge on any atom is 0.291 e. The standard InChI is InChI=1S/C32H27N5O3/c1-37-27-19-25(24-14-12-23(13-15-24)22-10-6-3-7-11-22)16-17-28(27)40-20-26(32(37)39)33-31(38)30-34-29(35-36-30)18-21-8-4-2-5-9-21/h2-17,19,26H,18,20H2,1H3,(H,33,38)(H,34,35,36)/t26-/m0/s1. The number of H-pyrrole nitrogens is 1. The van der Waals surface area contributed by atoms with E-state index in [4.69, 9.17) is 4.74 Å². The van der Waals surface area contributed by atoms with Crippen LogP contribution < -0.4 is 15.0 Å². The van der Waals surface area contributed by atoms with Gasteiger partial charge < -0.3 is 15.0 Å². The van der Waals surface area contributed by atoms with Gasteiger partial charge in [-0.2, -0.15) is 0 Å². The van der Waals surface area contributed by atoms with Crippen LogP contribution in [0.4, 0.5) is 5.69 Å². The van der Waals surface area contributed by atoms with Gasteiger partial charge in [-0.15, -0.1) is 5.10 Å². The first-order chi connectivity index (χ1) is 19.5. The maximum absolute atomic E-state index is 13.4. The lowest BCUT2D eigenvalue weighted by Gasteiger charge is -2.20. The first kappa shape index (κ1) is 25.1. The molecule has 2 N–H and O–H groups in total. The molecule has 6 rings (SSSR count). The van der Waals surface area contributed by atoms with Crippen LogP contribution in [0.3, 0.4) is 0 Å². The van der Waals surface area contributed by atoms with E-state index in [1.54, 1.807) is 7.05 Å². The molecule has 0 unspecified atom stereocenters. The van der Waals surface area contributed by atoms with E-state index < -0.39 is 11.9 Å². The van der Waals surface area contributed by atoms with Crippen LogP contribution in [-0.2, 0) is 11.2 Å². The van der Waals surface area contributed by atoms with Crippen molar-refractivity contribution >= 4 is 17.5 Å². The van der Waals surface area contributed by atoms with E-state index in [1.807, 2.05) is 66.7 Å². The molecule has 1 aliphatic rings. The van der Waals surface area contributed by atoms with Crippen LogP contribution in [0.2, 0.25) is 0 Å². The number of nitrogens with one attached hydrogen (secondary N) is 2. The number of amides is 2. The van der Waals surface area contributed by atoms with Crippen LogP contribution in [0.25, 0.3) is 22.3 Å². The molecule has 0 aliphatic carbocycles. The van der Waals surface area contributed by atoms with E-state index in [9.17, 15) is 9.59 Å². The van der Waals surface area contributed by atoms with E-state index in [-0.39, 0.29) is 18.3 Å². The first-order valence-corrected chi connectivity index (χ1v) is 13.0. The van der Waals surface area contributed by atoms with Gasteiger partial charge in [0.25, 0.3) is 11.8 Å². The number of nitrogens with zero attached hydrogens (tertiary/aromatic N) is 3. The molecule has 8 heteroatoms. The first-order valence-electron chi connectivity index (χ1n) is 13.0. The number of likely N-dealkylation sites (N-methyl/N-ethyl adjacent to an activating group) is 1. The molecule has 0 saturated heterocycles. The van der Waals surface area contributed by atoms with Crippen molar-refractivity contribution < 1.29 is 14.3 Å². The number of fused-ring (bicyclic) bond motifs is 1. The fourth-order valence-electron chi connectivity index (χ4n) is 4.76. The molecule has 1 aliphatic heterocycles. The molecule has 2 heterocycles. The number of benzene rings is 4. The normalized spacial score (nSPS) is 14.7. The zero-order valence-corrected chi connectivity index (χ0v) is 21.9. The van der Waals surface area contributed by atoms with Gasteiger partial charge in [0.2, 0.25) is 5.82 Å². The number of carbonyl (C=O) groups is 2. The van der Waals surface area contributed by atoms with E-state index in [0.717, 1.165) is 27.8 Å². The molecular formula is C32H27N5O3. The fraction of sp³-hybridized carbons (Fsp3) is 0.125. The third-order valence-electron chi connectivity index (χ3n) is 6.93. The van der Waals surface area contributed by atoms with E-state index in [0.29, 0.717) is 23.7 Å². The number of carbonyl (C=O) groups excluding carboxylic acids is 2. The van der Waals surface area contributed by atoms with Gasteiger partial charge in [0, 0.05) is 13.5 Å². The second-order valence-corrected chi connectivity index (χ2v) is 9.63. The monoisotopic (exact) mass is 529 g/mol. The minimum absolute atomic E-state index is 0.00563. The summed E-state index contributed by atoms with van der Waals surface area (Å²) < 4.78 is 5.96. The van der Waals surface area contributed by atoms with Gasteiger partial charge in [-0.3, -0.25) is 14.7 Å². The molecule has 0 radical (unpaired) electrons. The molecule has 1 atom stereocenters. The number of hydrogen-bond acceptors (Lipinski definition) is 5. The molecule has 4 aromatic carbocycles. The van der Waals surface area contributed by atoms with Crippen molar-refractivity contribution in [2.45, 2.75) is 12.5 Å². The highest BCUT2D eigenvalue weighted by Gasteiger charge is 2.32. The Bertz CT molecular complexity index is 1650. The average molecular weight is 530 g/mol. The Balaban J connectivity index is 1.15. The van der Waals surface area contributed by atoms with E-state index in [2.05, 4.69) is 56.9 Å². The van der Waals surface area contributed by atoms with E-state index in [1.165, 1.54) is 4.90 Å². The quantitative estimate of drug-likeness (QED) is 0.327. The number of ether oxygens (including phenoxy) is 1. The van der Waals surface area contributed by atoms with Crippen LogP contribution >= 0.6 is 0 Å². The second kappa shape index (κ2) is 10.9. The van der Waals surface area contributed by atoms with Gasteiger partial charge in [0.15, 0.2) is 0 Å². The topological polar surface area (TPSA) is 100 Å². The number of rotatable bonds is 6. The Labute approximate surface area is 231 Å². The molecule has 8 nitrogen and oxygen atoms in total. The number of aromatic amines is 1. The zero-order chi connectivity index (χ0) is 27.5. The van der Waals surface area contributed by atoms with Crippen LogP contribution in [0.1, 0.15) is 22.0 Å². The van der Waals surface area contributed by atoms with Crippen molar-refractivity contribution in [3.63, 3.8) is 0 Å². The van der Waals surface area contributed by atoms with E-state index >= 15 is 0 Å². The minimum atomic E-state index is -0.894. The summed E-state index contributed by atoms with van der Waals surface area (Å²) in [6, 6.07) is 33.1. The highest BCUT2D eigenvalue weighted by Crippen LogP contribution is 2.35. The number of hydrogen-bond donors (Lipinski definition) is 2. The molecule has 40 heavy (non-hydrogen) atoms. The fourth-order valence-corrected chi connectivity index (χ4v) is 4.76. The molecule has 2 amide bonds. The van der Waals surface area contributed by atoms with Crippen LogP contribution in [0.15, 0.2) is 103 Å². The molecule has 0 fully saturated rings. The Morgan fingerprint density at radius 3 is 2.25 bits per heavy atom. The SMILES string of the molecule is CN1C(=O)[C@@H](NC(=O)c2n[nH]c(Cc3ccccc3)n2)COc2ccc(-c3ccc(-c4ccccc4)cc3)cc21. The summed E-state index contributed by atoms with van der Waals surface area (Å²) in [5.74, 6) is 0.276. The molecular weight excluding hydrogens is 502 g/mol. The summed E-state index contributed by atoms with van der Waals surface area (Å²) in [5.41, 5.74) is 5.94. The Morgan fingerprint density at radius 2 is 1.52 bits per heavy atom. The molecule has 1 aromatic heterocycles. The van der Waals surface area contributed by atoms with Crippen molar-refractivity contribution in [2.24, 2.45) is 0 Å². The van der Waals surface area contributed by atoms with Gasteiger partial charge >= 0.3 is 0 Å². The lowest BCUT2D eigenvalue weighted by atomic mass is 10.00. The van der Waals surface area contributed by atoms with Crippen molar-refractivity contribution in [3.8, 4) is 28.0 Å². The summed E-state index contributed by atoms with van der Waals surface area (Å²) in [7, 11) is 1.68. The molecule has 0 bridgehead atoms. The second-order valence-electron chi connectivity index (χ2n) is 9.63. The molecule has 5 aromatic rings. The molecule has 198 valence electrons. The lowest BCUT2D eigenvalue weighted by Crippen LogP contribution is -2.49. The van der Waals surface area contributed by atoms with Crippen molar-refractivity contribution in [1.29, 1.82) is 0 Å². The van der Waals surface area contributed by atoms with Crippen molar-refractivity contribution in [1.82, 2.24) is 20.5 Å². The average Bonchev–Trinajstić information content (AvgIpc) is 3.44. The number of anilines is 1. The minimum Gasteiger partial charge on any atom is -0.489 e.